The Morgan fingerprint density at radius 1 is 0.938 bits per heavy atom. The molecule has 0 bridgehead atoms. The van der Waals surface area contributed by atoms with Gasteiger partial charge in [0.2, 0.25) is 0 Å². The first-order valence-corrected chi connectivity index (χ1v) is 11.3. The third-order valence-electron chi connectivity index (χ3n) is 6.15. The highest BCUT2D eigenvalue weighted by Crippen LogP contribution is 2.36. The second kappa shape index (κ2) is 9.92. The standard InChI is InChI=1S/C24H34N4O4/c1-16(2)23-25-19-15-27(7-6-18(19)24(26-23)28-8-10-32-11-9-28)14-17-12-21(30-4)22(31-5)13-20(17)29-3/h12-13,16H,6-11,14-15H2,1-5H3. The van der Waals surface area contributed by atoms with Gasteiger partial charge in [-0.3, -0.25) is 4.90 Å². The number of methoxy groups -OCH3 is 3. The lowest BCUT2D eigenvalue weighted by atomic mass is 10.0. The summed E-state index contributed by atoms with van der Waals surface area (Å²) in [5.41, 5.74) is 3.49. The van der Waals surface area contributed by atoms with Gasteiger partial charge in [0.1, 0.15) is 17.4 Å². The molecule has 0 N–H and O–H groups in total. The van der Waals surface area contributed by atoms with Crippen molar-refractivity contribution in [3.8, 4) is 17.2 Å². The van der Waals surface area contributed by atoms with Gasteiger partial charge in [0.25, 0.3) is 0 Å². The molecule has 0 unspecified atom stereocenters. The van der Waals surface area contributed by atoms with E-state index in [0.29, 0.717) is 11.5 Å². The van der Waals surface area contributed by atoms with Crippen LogP contribution in [0.25, 0.3) is 0 Å². The molecule has 0 saturated carbocycles. The van der Waals surface area contributed by atoms with Gasteiger partial charge in [0.05, 0.1) is 40.2 Å². The molecule has 4 rings (SSSR count). The van der Waals surface area contributed by atoms with E-state index in [1.807, 2.05) is 12.1 Å². The molecule has 174 valence electrons. The van der Waals surface area contributed by atoms with Crippen LogP contribution in [0.4, 0.5) is 5.82 Å². The number of rotatable bonds is 7. The van der Waals surface area contributed by atoms with E-state index in [1.54, 1.807) is 21.3 Å². The quantitative estimate of drug-likeness (QED) is 0.648. The van der Waals surface area contributed by atoms with Gasteiger partial charge in [-0.15, -0.1) is 0 Å². The second-order valence-corrected chi connectivity index (χ2v) is 8.56. The molecular weight excluding hydrogens is 408 g/mol. The Kier molecular flexibility index (Phi) is 7.01. The summed E-state index contributed by atoms with van der Waals surface area (Å²) in [5.74, 6) is 4.47. The number of morpholine rings is 1. The minimum absolute atomic E-state index is 0.279. The molecule has 1 aromatic heterocycles. The van der Waals surface area contributed by atoms with Gasteiger partial charge < -0.3 is 23.8 Å². The van der Waals surface area contributed by atoms with E-state index in [2.05, 4.69) is 23.6 Å². The van der Waals surface area contributed by atoms with Crippen LogP contribution in [0.3, 0.4) is 0 Å². The molecule has 1 saturated heterocycles. The Hall–Kier alpha value is -2.58. The number of nitrogens with zero attached hydrogens (tertiary/aromatic N) is 4. The summed E-state index contributed by atoms with van der Waals surface area (Å²) in [6.07, 6.45) is 0.927. The number of anilines is 1. The Labute approximate surface area is 190 Å². The zero-order valence-electron chi connectivity index (χ0n) is 19.8. The molecular formula is C24H34N4O4. The third-order valence-corrected chi connectivity index (χ3v) is 6.15. The molecule has 1 aromatic carbocycles. The SMILES string of the molecule is COc1cc(OC)c(OC)cc1CN1CCc2c(nc(C(C)C)nc2N2CCOCC2)C1. The fourth-order valence-electron chi connectivity index (χ4n) is 4.37. The first-order chi connectivity index (χ1) is 15.5. The zero-order chi connectivity index (χ0) is 22.7. The zero-order valence-corrected chi connectivity index (χ0v) is 19.8. The van der Waals surface area contributed by atoms with Crippen molar-refractivity contribution < 1.29 is 18.9 Å². The first-order valence-electron chi connectivity index (χ1n) is 11.3. The smallest absolute Gasteiger partial charge is 0.164 e. The number of benzene rings is 1. The number of ether oxygens (including phenoxy) is 4. The van der Waals surface area contributed by atoms with Crippen molar-refractivity contribution in [2.45, 2.75) is 39.3 Å². The van der Waals surface area contributed by atoms with E-state index >= 15 is 0 Å². The third kappa shape index (κ3) is 4.61. The summed E-state index contributed by atoms with van der Waals surface area (Å²) in [7, 11) is 4.98. The normalized spacial score (nSPS) is 16.8. The molecule has 8 heteroatoms. The summed E-state index contributed by atoms with van der Waals surface area (Å²) in [5, 5.41) is 0. The van der Waals surface area contributed by atoms with Crippen LogP contribution in [0.15, 0.2) is 12.1 Å². The fourth-order valence-corrected chi connectivity index (χ4v) is 4.37. The summed E-state index contributed by atoms with van der Waals surface area (Å²) in [6, 6.07) is 3.90. The Balaban J connectivity index is 1.62. The second-order valence-electron chi connectivity index (χ2n) is 8.56. The minimum Gasteiger partial charge on any atom is -0.496 e. The van der Waals surface area contributed by atoms with Gasteiger partial charge in [-0.25, -0.2) is 9.97 Å². The maximum Gasteiger partial charge on any atom is 0.164 e. The van der Waals surface area contributed by atoms with Crippen LogP contribution >= 0.6 is 0 Å². The highest BCUT2D eigenvalue weighted by Gasteiger charge is 2.27. The Bertz CT molecular complexity index is 944. The van der Waals surface area contributed by atoms with Crippen LogP contribution in [0.1, 0.15) is 42.4 Å². The molecule has 2 aliphatic heterocycles. The van der Waals surface area contributed by atoms with Crippen molar-refractivity contribution in [2.75, 3.05) is 59.1 Å². The van der Waals surface area contributed by atoms with Crippen LogP contribution in [0, 0.1) is 0 Å². The van der Waals surface area contributed by atoms with Crippen molar-refractivity contribution >= 4 is 5.82 Å². The highest BCUT2D eigenvalue weighted by molar-refractivity contribution is 5.52. The van der Waals surface area contributed by atoms with E-state index in [1.165, 1.54) is 5.56 Å². The molecule has 3 heterocycles. The van der Waals surface area contributed by atoms with Crippen molar-refractivity contribution in [2.24, 2.45) is 0 Å². The monoisotopic (exact) mass is 442 g/mol. The summed E-state index contributed by atoms with van der Waals surface area (Å²) >= 11 is 0. The maximum atomic E-state index is 5.64. The Morgan fingerprint density at radius 2 is 1.62 bits per heavy atom. The van der Waals surface area contributed by atoms with Crippen molar-refractivity contribution in [3.63, 3.8) is 0 Å². The molecule has 0 atom stereocenters. The van der Waals surface area contributed by atoms with Gasteiger partial charge in [0.15, 0.2) is 11.5 Å². The summed E-state index contributed by atoms with van der Waals surface area (Å²) in [4.78, 5) is 14.7. The lowest BCUT2D eigenvalue weighted by molar-refractivity contribution is 0.122. The minimum atomic E-state index is 0.279. The molecule has 8 nitrogen and oxygen atoms in total. The molecule has 0 amide bonds. The van der Waals surface area contributed by atoms with Gasteiger partial charge >= 0.3 is 0 Å². The van der Waals surface area contributed by atoms with E-state index in [9.17, 15) is 0 Å². The molecule has 0 aliphatic carbocycles. The van der Waals surface area contributed by atoms with Crippen LogP contribution in [-0.2, 0) is 24.2 Å². The molecule has 2 aromatic rings. The first kappa shape index (κ1) is 22.6. The number of hydrogen-bond acceptors (Lipinski definition) is 8. The Morgan fingerprint density at radius 3 is 2.28 bits per heavy atom. The topological polar surface area (TPSA) is 69.2 Å². The van der Waals surface area contributed by atoms with E-state index in [0.717, 1.165) is 81.0 Å². The van der Waals surface area contributed by atoms with E-state index in [4.69, 9.17) is 28.9 Å². The molecule has 2 aliphatic rings. The lowest BCUT2D eigenvalue weighted by Gasteiger charge is -2.34. The number of fused-ring (bicyclic) bond motifs is 1. The van der Waals surface area contributed by atoms with E-state index in [-0.39, 0.29) is 5.92 Å². The van der Waals surface area contributed by atoms with E-state index < -0.39 is 0 Å². The average molecular weight is 443 g/mol. The number of aromatic nitrogens is 2. The van der Waals surface area contributed by atoms with Gasteiger partial charge in [-0.1, -0.05) is 13.8 Å². The summed E-state index contributed by atoms with van der Waals surface area (Å²) < 4.78 is 22.1. The molecule has 0 spiro atoms. The predicted octanol–water partition coefficient (Wildman–Crippen LogP) is 3.02. The predicted molar refractivity (Wildman–Crippen MR) is 123 cm³/mol. The van der Waals surface area contributed by atoms with Crippen LogP contribution in [0.5, 0.6) is 17.2 Å². The molecule has 32 heavy (non-hydrogen) atoms. The largest absolute Gasteiger partial charge is 0.496 e. The van der Waals surface area contributed by atoms with Crippen molar-refractivity contribution in [3.05, 3.63) is 34.8 Å². The summed E-state index contributed by atoms with van der Waals surface area (Å²) in [6.45, 7) is 10.0. The van der Waals surface area contributed by atoms with Gasteiger partial charge in [-0.05, 0) is 12.5 Å². The van der Waals surface area contributed by atoms with Crippen LogP contribution in [0.2, 0.25) is 0 Å². The molecule has 1 fully saturated rings. The van der Waals surface area contributed by atoms with Gasteiger partial charge in [-0.2, -0.15) is 0 Å². The highest BCUT2D eigenvalue weighted by atomic mass is 16.5. The van der Waals surface area contributed by atoms with Crippen LogP contribution < -0.4 is 19.1 Å². The number of hydrogen-bond donors (Lipinski definition) is 0. The van der Waals surface area contributed by atoms with Crippen molar-refractivity contribution in [1.82, 2.24) is 14.9 Å². The average Bonchev–Trinajstić information content (AvgIpc) is 2.83. The maximum absolute atomic E-state index is 5.64. The van der Waals surface area contributed by atoms with Gasteiger partial charge in [0, 0.05) is 55.8 Å². The van der Waals surface area contributed by atoms with Crippen LogP contribution in [-0.4, -0.2) is 69.0 Å². The van der Waals surface area contributed by atoms with Crippen molar-refractivity contribution in [1.29, 1.82) is 0 Å². The lowest BCUT2D eigenvalue weighted by Crippen LogP contribution is -2.39. The fraction of sp³-hybridized carbons (Fsp3) is 0.583. The molecule has 0 radical (unpaired) electrons.